The minimum absolute atomic E-state index is 0.484. The number of unbranched alkanes of at least 4 members (excludes halogenated alkanes) is 1. The van der Waals surface area contributed by atoms with Crippen LogP contribution in [-0.2, 0) is 6.54 Å². The number of hydrogen-bond acceptors (Lipinski definition) is 5. The molecule has 2 aromatic heterocycles. The Labute approximate surface area is 124 Å². The topological polar surface area (TPSA) is 69.6 Å². The number of nitrogens with two attached hydrogens (primary N) is 1. The summed E-state index contributed by atoms with van der Waals surface area (Å²) in [5.74, 6) is 2.17. The summed E-state index contributed by atoms with van der Waals surface area (Å²) in [6.07, 6.45) is 5.27. The third-order valence-corrected chi connectivity index (χ3v) is 4.08. The van der Waals surface area contributed by atoms with E-state index in [0.717, 1.165) is 29.5 Å². The molecule has 5 nitrogen and oxygen atoms in total. The lowest BCUT2D eigenvalue weighted by molar-refractivity contribution is 0.521. The van der Waals surface area contributed by atoms with Crippen molar-refractivity contribution in [3.63, 3.8) is 0 Å². The molecular weight excluding hydrogens is 270 g/mol. The van der Waals surface area contributed by atoms with Gasteiger partial charge in [-0.3, -0.25) is 0 Å². The first-order valence-electron chi connectivity index (χ1n) is 7.23. The maximum Gasteiger partial charge on any atom is 0.191 e. The number of fused-ring (bicyclic) bond motifs is 1. The Morgan fingerprint density at radius 2 is 2.15 bits per heavy atom. The van der Waals surface area contributed by atoms with E-state index in [1.54, 1.807) is 11.8 Å². The van der Waals surface area contributed by atoms with Crippen LogP contribution in [0.3, 0.4) is 0 Å². The number of aryl methyl sites for hydroxylation is 1. The molecule has 2 aromatic rings. The summed E-state index contributed by atoms with van der Waals surface area (Å²) in [6.45, 7) is 7.53. The second-order valence-corrected chi connectivity index (χ2v) is 6.45. The van der Waals surface area contributed by atoms with Gasteiger partial charge in [0.2, 0.25) is 0 Å². The zero-order valence-electron chi connectivity index (χ0n) is 12.5. The Bertz CT molecular complexity index is 564. The molecule has 2 rings (SSSR count). The monoisotopic (exact) mass is 293 g/mol. The third kappa shape index (κ3) is 3.62. The van der Waals surface area contributed by atoms with Crippen molar-refractivity contribution in [2.24, 2.45) is 5.92 Å². The Hall–Kier alpha value is -1.30. The molecule has 0 saturated carbocycles. The largest absolute Gasteiger partial charge is 0.382 e. The van der Waals surface area contributed by atoms with Crippen molar-refractivity contribution < 1.29 is 0 Å². The molecular formula is C14H23N5S. The van der Waals surface area contributed by atoms with Crippen LogP contribution in [0.15, 0.2) is 11.5 Å². The van der Waals surface area contributed by atoms with Gasteiger partial charge in [-0.05, 0) is 18.8 Å². The van der Waals surface area contributed by atoms with Crippen LogP contribution in [0.5, 0.6) is 0 Å². The second-order valence-electron chi connectivity index (χ2n) is 5.39. The summed E-state index contributed by atoms with van der Waals surface area (Å²) in [5, 5.41) is 0.759. The summed E-state index contributed by atoms with van der Waals surface area (Å²) in [5.41, 5.74) is 7.57. The van der Waals surface area contributed by atoms with Crippen molar-refractivity contribution >= 4 is 28.7 Å². The third-order valence-electron chi connectivity index (χ3n) is 3.15. The lowest BCUT2D eigenvalue weighted by atomic mass is 10.1. The predicted molar refractivity (Wildman–Crippen MR) is 84.8 cm³/mol. The average Bonchev–Trinajstić information content (AvgIpc) is 2.80. The maximum absolute atomic E-state index is 5.99. The van der Waals surface area contributed by atoms with Gasteiger partial charge in [0.15, 0.2) is 16.6 Å². The van der Waals surface area contributed by atoms with Crippen LogP contribution in [0.25, 0.3) is 11.2 Å². The quantitative estimate of drug-likeness (QED) is 0.481. The molecule has 2 N–H and O–H groups in total. The van der Waals surface area contributed by atoms with E-state index < -0.39 is 0 Å². The molecule has 0 aliphatic heterocycles. The molecule has 0 amide bonds. The Kier molecular flexibility index (Phi) is 5.23. The van der Waals surface area contributed by atoms with Gasteiger partial charge in [0, 0.05) is 12.3 Å². The number of rotatable bonds is 7. The fourth-order valence-corrected chi connectivity index (χ4v) is 2.81. The van der Waals surface area contributed by atoms with Crippen LogP contribution in [0.1, 0.15) is 40.0 Å². The second kappa shape index (κ2) is 6.92. The molecule has 6 heteroatoms. The lowest BCUT2D eigenvalue weighted by Gasteiger charge is -2.07. The highest BCUT2D eigenvalue weighted by Crippen LogP contribution is 2.22. The van der Waals surface area contributed by atoms with E-state index in [0.29, 0.717) is 17.3 Å². The number of anilines is 1. The molecule has 0 radical (unpaired) electrons. The zero-order chi connectivity index (χ0) is 14.5. The van der Waals surface area contributed by atoms with Crippen molar-refractivity contribution in [1.82, 2.24) is 19.5 Å². The van der Waals surface area contributed by atoms with E-state index in [1.807, 2.05) is 6.33 Å². The van der Waals surface area contributed by atoms with Gasteiger partial charge in [-0.25, -0.2) is 15.0 Å². The summed E-state index contributed by atoms with van der Waals surface area (Å²) in [4.78, 5) is 13.3. The van der Waals surface area contributed by atoms with Crippen molar-refractivity contribution in [3.8, 4) is 0 Å². The number of thioether (sulfide) groups is 1. The van der Waals surface area contributed by atoms with Gasteiger partial charge in [-0.15, -0.1) is 0 Å². The first-order chi connectivity index (χ1) is 9.61. The van der Waals surface area contributed by atoms with Gasteiger partial charge in [0.25, 0.3) is 0 Å². The van der Waals surface area contributed by atoms with E-state index in [4.69, 9.17) is 5.73 Å². The van der Waals surface area contributed by atoms with Gasteiger partial charge in [0.1, 0.15) is 5.52 Å². The Morgan fingerprint density at radius 1 is 1.35 bits per heavy atom. The van der Waals surface area contributed by atoms with E-state index in [-0.39, 0.29) is 0 Å². The maximum atomic E-state index is 5.99. The first-order valence-corrected chi connectivity index (χ1v) is 8.21. The number of imidazole rings is 1. The molecule has 2 heterocycles. The average molecular weight is 293 g/mol. The van der Waals surface area contributed by atoms with E-state index in [9.17, 15) is 0 Å². The molecule has 0 aromatic carbocycles. The molecule has 0 unspecified atom stereocenters. The van der Waals surface area contributed by atoms with Crippen LogP contribution in [0.2, 0.25) is 0 Å². The van der Waals surface area contributed by atoms with Crippen LogP contribution >= 0.6 is 11.8 Å². The van der Waals surface area contributed by atoms with E-state index in [1.165, 1.54) is 12.8 Å². The highest BCUT2D eigenvalue weighted by Gasteiger charge is 2.11. The van der Waals surface area contributed by atoms with Crippen LogP contribution < -0.4 is 5.73 Å². The molecule has 0 atom stereocenters. The van der Waals surface area contributed by atoms with Crippen molar-refractivity contribution in [3.05, 3.63) is 6.33 Å². The van der Waals surface area contributed by atoms with E-state index >= 15 is 0 Å². The van der Waals surface area contributed by atoms with Gasteiger partial charge < -0.3 is 10.3 Å². The summed E-state index contributed by atoms with van der Waals surface area (Å²) < 4.78 is 2.08. The van der Waals surface area contributed by atoms with Crippen molar-refractivity contribution in [2.75, 3.05) is 11.5 Å². The van der Waals surface area contributed by atoms with Crippen LogP contribution in [0, 0.1) is 5.92 Å². The molecule has 0 aliphatic rings. The van der Waals surface area contributed by atoms with Gasteiger partial charge >= 0.3 is 0 Å². The molecule has 0 bridgehead atoms. The number of aromatic nitrogens is 4. The van der Waals surface area contributed by atoms with Crippen LogP contribution in [-0.4, -0.2) is 25.3 Å². The molecule has 20 heavy (non-hydrogen) atoms. The normalized spacial score (nSPS) is 11.6. The number of nitrogens with zero attached hydrogens (tertiary/aromatic N) is 4. The predicted octanol–water partition coefficient (Wildman–Crippen LogP) is 3.35. The minimum atomic E-state index is 0.484. The molecule has 0 saturated heterocycles. The molecule has 0 spiro atoms. The highest BCUT2D eigenvalue weighted by atomic mass is 32.2. The van der Waals surface area contributed by atoms with Gasteiger partial charge in [0.05, 0.1) is 6.33 Å². The van der Waals surface area contributed by atoms with Crippen LogP contribution in [0.4, 0.5) is 5.82 Å². The molecule has 0 aliphatic carbocycles. The molecule has 0 fully saturated rings. The fraction of sp³-hybridized carbons (Fsp3) is 0.643. The zero-order valence-corrected chi connectivity index (χ0v) is 13.3. The smallest absolute Gasteiger partial charge is 0.191 e. The number of hydrogen-bond donors (Lipinski definition) is 1. The van der Waals surface area contributed by atoms with Gasteiger partial charge in [-0.1, -0.05) is 39.0 Å². The van der Waals surface area contributed by atoms with E-state index in [2.05, 4.69) is 40.3 Å². The first kappa shape index (κ1) is 15.1. The Morgan fingerprint density at radius 3 is 2.85 bits per heavy atom. The van der Waals surface area contributed by atoms with Crippen molar-refractivity contribution in [2.45, 2.75) is 51.7 Å². The standard InChI is InChI=1S/C14H23N5S/c1-4-5-8-20-14-17-12(15)11-13(18-14)19(9-16-11)7-6-10(2)3/h9-10H,4-8H2,1-3H3,(H2,15,17,18). The highest BCUT2D eigenvalue weighted by molar-refractivity contribution is 7.99. The summed E-state index contributed by atoms with van der Waals surface area (Å²) in [6, 6.07) is 0. The summed E-state index contributed by atoms with van der Waals surface area (Å²) in [7, 11) is 0. The van der Waals surface area contributed by atoms with Gasteiger partial charge in [-0.2, -0.15) is 0 Å². The Balaban J connectivity index is 2.22. The number of nitrogen functional groups attached to an aromatic ring is 1. The fourth-order valence-electron chi connectivity index (χ4n) is 1.88. The minimum Gasteiger partial charge on any atom is -0.382 e. The summed E-state index contributed by atoms with van der Waals surface area (Å²) >= 11 is 1.67. The van der Waals surface area contributed by atoms with Crippen molar-refractivity contribution in [1.29, 1.82) is 0 Å². The molecule has 110 valence electrons. The lowest BCUT2D eigenvalue weighted by Crippen LogP contribution is -2.03. The SMILES string of the molecule is CCCCSc1nc(N)c2ncn(CCC(C)C)c2n1.